The number of hydrogen-bond acceptors (Lipinski definition) is 3. The summed E-state index contributed by atoms with van der Waals surface area (Å²) in [5.41, 5.74) is 0.967. The molecule has 4 heteroatoms. The number of hydrogen-bond donors (Lipinski definition) is 1. The molecule has 4 aliphatic rings. The molecule has 176 valence electrons. The summed E-state index contributed by atoms with van der Waals surface area (Å²) in [6.07, 6.45) is 12.9. The minimum Gasteiger partial charge on any atom is -0.459 e. The van der Waals surface area contributed by atoms with Gasteiger partial charge in [0.1, 0.15) is 0 Å². The quantitative estimate of drug-likeness (QED) is 0.456. The third-order valence-corrected chi connectivity index (χ3v) is 10.9. The van der Waals surface area contributed by atoms with Crippen LogP contribution in [-0.2, 0) is 14.3 Å². The largest absolute Gasteiger partial charge is 0.459 e. The highest BCUT2D eigenvalue weighted by Crippen LogP contribution is 2.68. The van der Waals surface area contributed by atoms with Gasteiger partial charge >= 0.3 is 11.9 Å². The Morgan fingerprint density at radius 3 is 2.39 bits per heavy atom. The number of carbonyl (C=O) groups is 2. The number of carbonyl (C=O) groups excluding carboxylic acids is 2. The molecule has 0 saturated heterocycles. The molecule has 4 rings (SSSR count). The van der Waals surface area contributed by atoms with Gasteiger partial charge in [-0.1, -0.05) is 34.1 Å². The molecule has 0 radical (unpaired) electrons. The van der Waals surface area contributed by atoms with Gasteiger partial charge in [0, 0.05) is 6.04 Å². The van der Waals surface area contributed by atoms with Gasteiger partial charge in [-0.25, -0.2) is 4.79 Å². The van der Waals surface area contributed by atoms with Crippen LogP contribution in [0.15, 0.2) is 0 Å². The van der Waals surface area contributed by atoms with Gasteiger partial charge in [0.15, 0.2) is 0 Å². The van der Waals surface area contributed by atoms with Crippen LogP contribution in [0, 0.1) is 46.3 Å². The number of fused-ring (bicyclic) bond motifs is 5. The van der Waals surface area contributed by atoms with Gasteiger partial charge in [-0.2, -0.15) is 0 Å². The second kappa shape index (κ2) is 8.71. The Labute approximate surface area is 189 Å². The fraction of sp³-hybridized carbons (Fsp3) is 0.926. The average molecular weight is 432 g/mol. The van der Waals surface area contributed by atoms with E-state index in [0.717, 1.165) is 42.4 Å². The molecule has 4 nitrogen and oxygen atoms in total. The summed E-state index contributed by atoms with van der Waals surface area (Å²) < 4.78 is 4.87. The molecule has 2 unspecified atom stereocenters. The fourth-order valence-electron chi connectivity index (χ4n) is 9.09. The molecule has 0 bridgehead atoms. The molecule has 1 N–H and O–H groups in total. The van der Waals surface area contributed by atoms with E-state index in [9.17, 15) is 9.59 Å². The van der Waals surface area contributed by atoms with Gasteiger partial charge < -0.3 is 10.1 Å². The van der Waals surface area contributed by atoms with Crippen LogP contribution in [-0.4, -0.2) is 24.5 Å². The van der Waals surface area contributed by atoms with E-state index >= 15 is 0 Å². The van der Waals surface area contributed by atoms with Crippen LogP contribution in [0.1, 0.15) is 98.8 Å². The standard InChI is InChI=1S/C27H45NO3/c1-6-17(3)21-10-11-22-20-9-8-18-16-19(28-24(29)25(30)31-7-2)12-14-26(18,4)23(20)13-15-27(21,22)5/h17-23H,6-16H2,1-5H3,(H,28,29)/t17?,18-,19-,20+,21?,22+,23+,26+,27-/m1/s1. The van der Waals surface area contributed by atoms with Crippen molar-refractivity contribution in [1.82, 2.24) is 5.32 Å². The Morgan fingerprint density at radius 1 is 0.968 bits per heavy atom. The first-order chi connectivity index (χ1) is 14.7. The van der Waals surface area contributed by atoms with Gasteiger partial charge in [-0.15, -0.1) is 0 Å². The first-order valence-electron chi connectivity index (χ1n) is 13.2. The molecule has 0 aromatic heterocycles. The van der Waals surface area contributed by atoms with Crippen molar-refractivity contribution in [2.75, 3.05) is 6.61 Å². The molecular formula is C27H45NO3. The third-order valence-electron chi connectivity index (χ3n) is 10.9. The van der Waals surface area contributed by atoms with Crippen molar-refractivity contribution in [2.24, 2.45) is 46.3 Å². The zero-order chi connectivity index (χ0) is 22.4. The predicted octanol–water partition coefficient (Wildman–Crippen LogP) is 5.74. The Kier molecular flexibility index (Phi) is 6.49. The summed E-state index contributed by atoms with van der Waals surface area (Å²) in [6.45, 7) is 12.1. The van der Waals surface area contributed by atoms with E-state index in [1.807, 2.05) is 0 Å². The maximum atomic E-state index is 12.2. The van der Waals surface area contributed by atoms with Crippen LogP contribution in [0.2, 0.25) is 0 Å². The van der Waals surface area contributed by atoms with Crippen molar-refractivity contribution in [1.29, 1.82) is 0 Å². The van der Waals surface area contributed by atoms with Crippen molar-refractivity contribution < 1.29 is 14.3 Å². The molecule has 0 aromatic carbocycles. The van der Waals surface area contributed by atoms with Crippen molar-refractivity contribution in [3.63, 3.8) is 0 Å². The normalized spacial score (nSPS) is 45.1. The van der Waals surface area contributed by atoms with Crippen molar-refractivity contribution in [3.8, 4) is 0 Å². The summed E-state index contributed by atoms with van der Waals surface area (Å²) in [6, 6.07) is 0.127. The number of rotatable bonds is 4. The van der Waals surface area contributed by atoms with E-state index in [-0.39, 0.29) is 12.6 Å². The van der Waals surface area contributed by atoms with Crippen LogP contribution in [0.25, 0.3) is 0 Å². The highest BCUT2D eigenvalue weighted by molar-refractivity contribution is 6.32. The maximum absolute atomic E-state index is 12.2. The van der Waals surface area contributed by atoms with Gasteiger partial charge in [0.25, 0.3) is 0 Å². The molecule has 1 amide bonds. The Balaban J connectivity index is 1.44. The molecule has 4 fully saturated rings. The maximum Gasteiger partial charge on any atom is 0.396 e. The van der Waals surface area contributed by atoms with Crippen LogP contribution in [0.5, 0.6) is 0 Å². The van der Waals surface area contributed by atoms with Crippen LogP contribution < -0.4 is 5.32 Å². The van der Waals surface area contributed by atoms with E-state index in [1.54, 1.807) is 6.92 Å². The average Bonchev–Trinajstić information content (AvgIpc) is 3.10. The van der Waals surface area contributed by atoms with Crippen molar-refractivity contribution in [2.45, 2.75) is 105 Å². The minimum absolute atomic E-state index is 0.127. The van der Waals surface area contributed by atoms with Crippen LogP contribution in [0.4, 0.5) is 0 Å². The highest BCUT2D eigenvalue weighted by atomic mass is 16.5. The lowest BCUT2D eigenvalue weighted by atomic mass is 9.44. The zero-order valence-corrected chi connectivity index (χ0v) is 20.5. The smallest absolute Gasteiger partial charge is 0.396 e. The van der Waals surface area contributed by atoms with E-state index < -0.39 is 11.9 Å². The Bertz CT molecular complexity index is 692. The molecule has 9 atom stereocenters. The van der Waals surface area contributed by atoms with E-state index in [1.165, 1.54) is 51.4 Å². The molecule has 4 aliphatic carbocycles. The van der Waals surface area contributed by atoms with Crippen LogP contribution >= 0.6 is 0 Å². The lowest BCUT2D eigenvalue weighted by Gasteiger charge is -2.61. The molecule has 4 saturated carbocycles. The summed E-state index contributed by atoms with van der Waals surface area (Å²) in [4.78, 5) is 23.9. The van der Waals surface area contributed by atoms with Gasteiger partial charge in [0.05, 0.1) is 6.61 Å². The first-order valence-corrected chi connectivity index (χ1v) is 13.2. The first kappa shape index (κ1) is 23.1. The monoisotopic (exact) mass is 431 g/mol. The van der Waals surface area contributed by atoms with E-state index in [2.05, 4.69) is 33.0 Å². The minimum atomic E-state index is -0.733. The molecule has 0 aliphatic heterocycles. The van der Waals surface area contributed by atoms with E-state index in [0.29, 0.717) is 16.7 Å². The zero-order valence-electron chi connectivity index (χ0n) is 20.5. The number of ether oxygens (including phenoxy) is 1. The summed E-state index contributed by atoms with van der Waals surface area (Å²) >= 11 is 0. The van der Waals surface area contributed by atoms with Crippen LogP contribution in [0.3, 0.4) is 0 Å². The van der Waals surface area contributed by atoms with Crippen molar-refractivity contribution >= 4 is 11.9 Å². The Hall–Kier alpha value is -1.06. The SMILES string of the molecule is CCOC(=O)C(=O)N[C@@H]1CC[C@@]2(C)[C@H](CC[C@@H]3[C@@H]2CC[C@]2(C)C(C(C)CC)CC[C@@H]32)C1. The Morgan fingerprint density at radius 2 is 1.68 bits per heavy atom. The second-order valence-corrected chi connectivity index (χ2v) is 11.9. The van der Waals surface area contributed by atoms with Gasteiger partial charge in [-0.05, 0) is 111 Å². The topological polar surface area (TPSA) is 55.4 Å². The number of nitrogens with one attached hydrogen (secondary N) is 1. The molecule has 31 heavy (non-hydrogen) atoms. The number of amides is 1. The van der Waals surface area contributed by atoms with Crippen molar-refractivity contribution in [3.05, 3.63) is 0 Å². The molecule has 0 heterocycles. The molecular weight excluding hydrogens is 386 g/mol. The number of esters is 1. The highest BCUT2D eigenvalue weighted by Gasteiger charge is 2.60. The predicted molar refractivity (Wildman–Crippen MR) is 123 cm³/mol. The van der Waals surface area contributed by atoms with E-state index in [4.69, 9.17) is 4.74 Å². The molecule has 0 aromatic rings. The van der Waals surface area contributed by atoms with Gasteiger partial charge in [-0.3, -0.25) is 4.79 Å². The summed E-state index contributed by atoms with van der Waals surface area (Å²) in [7, 11) is 0. The van der Waals surface area contributed by atoms with Gasteiger partial charge in [0.2, 0.25) is 0 Å². The summed E-state index contributed by atoms with van der Waals surface area (Å²) in [5.74, 6) is 3.83. The lowest BCUT2D eigenvalue weighted by Crippen LogP contribution is -2.56. The fourth-order valence-corrected chi connectivity index (χ4v) is 9.09. The lowest BCUT2D eigenvalue weighted by molar-refractivity contribution is -0.155. The second-order valence-electron chi connectivity index (χ2n) is 11.9. The molecule has 0 spiro atoms. The third kappa shape index (κ3) is 3.84. The summed E-state index contributed by atoms with van der Waals surface area (Å²) in [5, 5.41) is 2.98.